The number of rotatable bonds is 5. The molecule has 1 atom stereocenters. The first-order valence-electron chi connectivity index (χ1n) is 5.32. The maximum Gasteiger partial charge on any atom is 0.160 e. The zero-order valence-corrected chi connectivity index (χ0v) is 8.90. The predicted molar refractivity (Wildman–Crippen MR) is 60.2 cm³/mol. The van der Waals surface area contributed by atoms with E-state index < -0.39 is 0 Å². The van der Waals surface area contributed by atoms with Crippen LogP contribution in [0.1, 0.15) is 19.8 Å². The highest BCUT2D eigenvalue weighted by atomic mass is 15.3. The van der Waals surface area contributed by atoms with E-state index in [4.69, 9.17) is 5.84 Å². The van der Waals surface area contributed by atoms with Gasteiger partial charge in [-0.15, -0.1) is 0 Å². The van der Waals surface area contributed by atoms with E-state index in [2.05, 4.69) is 27.6 Å². The van der Waals surface area contributed by atoms with Gasteiger partial charge in [-0.1, -0.05) is 6.92 Å². The summed E-state index contributed by atoms with van der Waals surface area (Å²) in [4.78, 5) is 8.26. The second kappa shape index (κ2) is 4.44. The molecule has 2 rings (SSSR count). The van der Waals surface area contributed by atoms with Gasteiger partial charge in [0.15, 0.2) is 5.82 Å². The Bertz CT molecular complexity index is 323. The van der Waals surface area contributed by atoms with E-state index in [-0.39, 0.29) is 0 Å². The van der Waals surface area contributed by atoms with Crippen LogP contribution >= 0.6 is 0 Å². The van der Waals surface area contributed by atoms with Crippen molar-refractivity contribution in [1.29, 1.82) is 0 Å². The summed E-state index contributed by atoms with van der Waals surface area (Å²) in [6.45, 7) is 3.22. The third-order valence-corrected chi connectivity index (χ3v) is 2.81. The van der Waals surface area contributed by atoms with Gasteiger partial charge >= 0.3 is 0 Å². The molecule has 0 spiro atoms. The molecule has 15 heavy (non-hydrogen) atoms. The average molecular weight is 207 g/mol. The van der Waals surface area contributed by atoms with Crippen molar-refractivity contribution in [3.8, 4) is 0 Å². The number of nitrogens with one attached hydrogen (secondary N) is 2. The first kappa shape index (κ1) is 10.2. The topological polar surface area (TPSA) is 75.9 Å². The molecule has 5 nitrogen and oxygen atoms in total. The average Bonchev–Trinajstić information content (AvgIpc) is 3.10. The normalized spacial score (nSPS) is 17.2. The molecule has 5 heteroatoms. The first-order chi connectivity index (χ1) is 7.29. The van der Waals surface area contributed by atoms with Gasteiger partial charge in [0.1, 0.15) is 5.82 Å². The lowest BCUT2D eigenvalue weighted by Crippen LogP contribution is -2.15. The number of nitrogen functional groups attached to an aromatic ring is 1. The highest BCUT2D eigenvalue weighted by molar-refractivity contribution is 5.40. The summed E-state index contributed by atoms with van der Waals surface area (Å²) in [7, 11) is 0. The summed E-state index contributed by atoms with van der Waals surface area (Å²) in [6, 6.07) is 0. The predicted octanol–water partition coefficient (Wildman–Crippen LogP) is 1.22. The molecule has 1 saturated carbocycles. The molecule has 1 aromatic heterocycles. The van der Waals surface area contributed by atoms with Crippen LogP contribution in [0.5, 0.6) is 0 Å². The molecule has 1 fully saturated rings. The molecule has 4 N–H and O–H groups in total. The minimum Gasteiger partial charge on any atom is -0.368 e. The van der Waals surface area contributed by atoms with E-state index >= 15 is 0 Å². The van der Waals surface area contributed by atoms with Crippen LogP contribution in [0.25, 0.3) is 0 Å². The molecule has 0 aromatic carbocycles. The lowest BCUT2D eigenvalue weighted by molar-refractivity contribution is 0.536. The van der Waals surface area contributed by atoms with Crippen LogP contribution in [0.2, 0.25) is 0 Å². The summed E-state index contributed by atoms with van der Waals surface area (Å²) in [5, 5.41) is 3.27. The molecule has 1 aliphatic carbocycles. The minimum atomic E-state index is 0.582. The van der Waals surface area contributed by atoms with Crippen molar-refractivity contribution in [2.45, 2.75) is 19.8 Å². The maximum absolute atomic E-state index is 5.25. The monoisotopic (exact) mass is 207 g/mol. The summed E-state index contributed by atoms with van der Waals surface area (Å²) >= 11 is 0. The van der Waals surface area contributed by atoms with E-state index in [0.29, 0.717) is 11.7 Å². The number of hydrogen-bond acceptors (Lipinski definition) is 5. The van der Waals surface area contributed by atoms with Crippen molar-refractivity contribution in [3.05, 3.63) is 12.4 Å². The van der Waals surface area contributed by atoms with Gasteiger partial charge in [-0.3, -0.25) is 4.98 Å². The number of anilines is 2. The quantitative estimate of drug-likeness (QED) is 0.500. The fourth-order valence-corrected chi connectivity index (χ4v) is 1.62. The van der Waals surface area contributed by atoms with Crippen molar-refractivity contribution in [2.75, 3.05) is 17.3 Å². The van der Waals surface area contributed by atoms with E-state index in [9.17, 15) is 0 Å². The van der Waals surface area contributed by atoms with Gasteiger partial charge in [-0.25, -0.2) is 10.8 Å². The molecule has 0 saturated heterocycles. The number of hydrazine groups is 1. The molecule has 0 bridgehead atoms. The lowest BCUT2D eigenvalue weighted by Gasteiger charge is -2.11. The number of nitrogens with zero attached hydrogens (tertiary/aromatic N) is 2. The molecule has 0 aliphatic heterocycles. The number of nitrogens with two attached hydrogens (primary N) is 1. The zero-order chi connectivity index (χ0) is 10.7. The first-order valence-corrected chi connectivity index (χ1v) is 5.32. The molecule has 1 aliphatic rings. The van der Waals surface area contributed by atoms with Gasteiger partial charge in [0.05, 0.1) is 12.4 Å². The standard InChI is InChI=1S/C10H17N5/c1-7(8-2-3-8)4-13-9-5-12-6-10(14-9)15-11/h5-8H,2-4,11H2,1H3,(H2,13,14,15). The Hall–Kier alpha value is -1.36. The fraction of sp³-hybridized carbons (Fsp3) is 0.600. The summed E-state index contributed by atoms with van der Waals surface area (Å²) in [5.41, 5.74) is 2.48. The minimum absolute atomic E-state index is 0.582. The Morgan fingerprint density at radius 1 is 1.47 bits per heavy atom. The summed E-state index contributed by atoms with van der Waals surface area (Å²) in [6.07, 6.45) is 6.05. The van der Waals surface area contributed by atoms with Gasteiger partial charge in [0.2, 0.25) is 0 Å². The number of aromatic nitrogens is 2. The molecule has 0 radical (unpaired) electrons. The van der Waals surface area contributed by atoms with Crippen LogP contribution in [0.3, 0.4) is 0 Å². The Balaban J connectivity index is 1.86. The fourth-order valence-electron chi connectivity index (χ4n) is 1.62. The molecule has 1 aromatic rings. The highest BCUT2D eigenvalue weighted by Crippen LogP contribution is 2.36. The van der Waals surface area contributed by atoms with Crippen LogP contribution in [0.4, 0.5) is 11.6 Å². The van der Waals surface area contributed by atoms with Crippen molar-refractivity contribution >= 4 is 11.6 Å². The Kier molecular flexibility index (Phi) is 3.01. The van der Waals surface area contributed by atoms with Crippen LogP contribution in [-0.4, -0.2) is 16.5 Å². The second-order valence-corrected chi connectivity index (χ2v) is 4.13. The molecular weight excluding hydrogens is 190 g/mol. The molecule has 1 unspecified atom stereocenters. The van der Waals surface area contributed by atoms with E-state index in [1.165, 1.54) is 12.8 Å². The van der Waals surface area contributed by atoms with Gasteiger partial charge < -0.3 is 10.7 Å². The Morgan fingerprint density at radius 2 is 2.20 bits per heavy atom. The van der Waals surface area contributed by atoms with Gasteiger partial charge in [0, 0.05) is 6.54 Å². The largest absolute Gasteiger partial charge is 0.368 e. The number of hydrogen-bond donors (Lipinski definition) is 3. The third-order valence-electron chi connectivity index (χ3n) is 2.81. The van der Waals surface area contributed by atoms with Crippen molar-refractivity contribution in [2.24, 2.45) is 17.7 Å². The SMILES string of the molecule is CC(CNc1cncc(NN)n1)C1CC1. The highest BCUT2D eigenvalue weighted by Gasteiger charge is 2.27. The van der Waals surface area contributed by atoms with Crippen molar-refractivity contribution in [3.63, 3.8) is 0 Å². The molecular formula is C10H17N5. The summed E-state index contributed by atoms with van der Waals surface area (Å²) < 4.78 is 0. The van der Waals surface area contributed by atoms with Gasteiger partial charge in [-0.05, 0) is 24.7 Å². The second-order valence-electron chi connectivity index (χ2n) is 4.13. The Labute approximate surface area is 89.5 Å². The van der Waals surface area contributed by atoms with Gasteiger partial charge in [0.25, 0.3) is 0 Å². The zero-order valence-electron chi connectivity index (χ0n) is 8.90. The smallest absolute Gasteiger partial charge is 0.160 e. The third kappa shape index (κ3) is 2.79. The van der Waals surface area contributed by atoms with Crippen LogP contribution in [0.15, 0.2) is 12.4 Å². The van der Waals surface area contributed by atoms with E-state index in [1.54, 1.807) is 12.4 Å². The van der Waals surface area contributed by atoms with Crippen LogP contribution in [0, 0.1) is 11.8 Å². The summed E-state index contributed by atoms with van der Waals surface area (Å²) in [5.74, 6) is 8.22. The molecule has 82 valence electrons. The maximum atomic E-state index is 5.25. The van der Waals surface area contributed by atoms with Crippen LogP contribution in [-0.2, 0) is 0 Å². The van der Waals surface area contributed by atoms with E-state index in [0.717, 1.165) is 18.3 Å². The Morgan fingerprint density at radius 3 is 2.87 bits per heavy atom. The van der Waals surface area contributed by atoms with E-state index in [1.807, 2.05) is 0 Å². The van der Waals surface area contributed by atoms with Crippen molar-refractivity contribution < 1.29 is 0 Å². The van der Waals surface area contributed by atoms with Crippen molar-refractivity contribution in [1.82, 2.24) is 9.97 Å². The van der Waals surface area contributed by atoms with Crippen LogP contribution < -0.4 is 16.6 Å². The molecule has 0 amide bonds. The molecule has 1 heterocycles. The lowest BCUT2D eigenvalue weighted by atomic mass is 10.1. The van der Waals surface area contributed by atoms with Gasteiger partial charge in [-0.2, -0.15) is 0 Å².